The first-order chi connectivity index (χ1) is 18.8. The van der Waals surface area contributed by atoms with Crippen LogP contribution in [0.4, 0.5) is 0 Å². The van der Waals surface area contributed by atoms with Gasteiger partial charge in [0.25, 0.3) is 0 Å². The molecule has 16 heteroatoms. The first-order valence-electron chi connectivity index (χ1n) is 14.1. The number of rotatable bonds is 22. The topological polar surface area (TPSA) is 148 Å². The molecule has 12 nitrogen and oxygen atoms in total. The number of hydrogen-bond donors (Lipinski definition) is 2. The molecule has 0 radical (unpaired) electrons. The largest absolute Gasteiger partial charge is 0.500 e. The van der Waals surface area contributed by atoms with Crippen LogP contribution in [0.1, 0.15) is 68.2 Å². The Morgan fingerprint density at radius 2 is 1.00 bits per heavy atom. The zero-order chi connectivity index (χ0) is 32.5. The second-order valence-corrected chi connectivity index (χ2v) is 22.1. The highest BCUT2D eigenvalue weighted by atomic mass is 31.2. The van der Waals surface area contributed by atoms with Gasteiger partial charge in [-0.25, -0.2) is 0 Å². The lowest BCUT2D eigenvalue weighted by Crippen LogP contribution is -2.51. The SMILES string of the molecule is CO[Si](CCCOP(=O)(OC(CC[Si](OC)(OC)OC)(C(C)C)C(C)C)C(C(C)C)(C(C)C)P(=O)(O)O)(OC)OC. The van der Waals surface area contributed by atoms with Gasteiger partial charge in [0.2, 0.25) is 0 Å². The van der Waals surface area contributed by atoms with Crippen molar-refractivity contribution in [1.29, 1.82) is 0 Å². The van der Waals surface area contributed by atoms with Gasteiger partial charge in [-0.15, -0.1) is 0 Å². The van der Waals surface area contributed by atoms with E-state index in [0.29, 0.717) is 18.5 Å². The molecule has 0 heterocycles. The van der Waals surface area contributed by atoms with Crippen molar-refractivity contribution >= 4 is 32.8 Å². The van der Waals surface area contributed by atoms with Gasteiger partial charge in [-0.05, 0) is 36.5 Å². The fourth-order valence-corrected chi connectivity index (χ4v) is 15.4. The van der Waals surface area contributed by atoms with E-state index in [0.717, 1.165) is 0 Å². The second kappa shape index (κ2) is 16.7. The predicted molar refractivity (Wildman–Crippen MR) is 164 cm³/mol. The van der Waals surface area contributed by atoms with Crippen LogP contribution in [0.3, 0.4) is 0 Å². The fourth-order valence-electron chi connectivity index (χ4n) is 5.99. The predicted octanol–water partition coefficient (Wildman–Crippen LogP) is 5.99. The average molecular weight is 669 g/mol. The van der Waals surface area contributed by atoms with E-state index in [2.05, 4.69) is 0 Å². The van der Waals surface area contributed by atoms with Gasteiger partial charge in [-0.3, -0.25) is 9.13 Å². The van der Waals surface area contributed by atoms with Gasteiger partial charge >= 0.3 is 32.8 Å². The Balaban J connectivity index is 7.10. The molecule has 0 aromatic heterocycles. The Kier molecular flexibility index (Phi) is 16.9. The Morgan fingerprint density at radius 3 is 1.29 bits per heavy atom. The monoisotopic (exact) mass is 668 g/mol. The summed E-state index contributed by atoms with van der Waals surface area (Å²) in [6.07, 6.45) is 0.587. The minimum Gasteiger partial charge on any atom is -0.377 e. The fraction of sp³-hybridized carbons (Fsp3) is 1.00. The van der Waals surface area contributed by atoms with Gasteiger partial charge in [-0.2, -0.15) is 0 Å². The lowest BCUT2D eigenvalue weighted by molar-refractivity contribution is -0.0462. The smallest absolute Gasteiger partial charge is 0.377 e. The van der Waals surface area contributed by atoms with E-state index >= 15 is 4.57 Å². The molecule has 0 aliphatic heterocycles. The van der Waals surface area contributed by atoms with Crippen LogP contribution in [0.15, 0.2) is 0 Å². The summed E-state index contributed by atoms with van der Waals surface area (Å²) in [6, 6.07) is 0.661. The molecule has 0 amide bonds. The molecule has 248 valence electrons. The minimum absolute atomic E-state index is 0.123. The highest BCUT2D eigenvalue weighted by Crippen LogP contribution is 2.80. The Labute approximate surface area is 250 Å². The van der Waals surface area contributed by atoms with E-state index in [9.17, 15) is 14.4 Å². The van der Waals surface area contributed by atoms with E-state index in [1.807, 2.05) is 27.7 Å². The highest BCUT2D eigenvalue weighted by molar-refractivity contribution is 7.73. The minimum atomic E-state index is -5.10. The van der Waals surface area contributed by atoms with Gasteiger partial charge in [-0.1, -0.05) is 55.4 Å². The molecule has 0 aromatic rings. The quantitative estimate of drug-likeness (QED) is 0.0793. The molecular formula is C25H58O12P2Si2. The Morgan fingerprint density at radius 1 is 0.634 bits per heavy atom. The summed E-state index contributed by atoms with van der Waals surface area (Å²) in [4.78, 5) is 19.7. The van der Waals surface area contributed by atoms with Crippen LogP contribution < -0.4 is 0 Å². The van der Waals surface area contributed by atoms with E-state index in [-0.39, 0.29) is 24.9 Å². The zero-order valence-electron chi connectivity index (χ0n) is 27.7. The van der Waals surface area contributed by atoms with Crippen molar-refractivity contribution < 1.29 is 54.5 Å². The second-order valence-electron chi connectivity index (χ2n) is 11.5. The maximum Gasteiger partial charge on any atom is 0.500 e. The van der Waals surface area contributed by atoms with Crippen molar-refractivity contribution in [3.05, 3.63) is 0 Å². The van der Waals surface area contributed by atoms with Gasteiger partial charge in [0.1, 0.15) is 0 Å². The van der Waals surface area contributed by atoms with Crippen LogP contribution in [0.2, 0.25) is 12.1 Å². The summed E-state index contributed by atoms with van der Waals surface area (Å²) in [6.45, 7) is 14.2. The van der Waals surface area contributed by atoms with Crippen molar-refractivity contribution in [1.82, 2.24) is 0 Å². The summed E-state index contributed by atoms with van der Waals surface area (Å²) in [5.74, 6) is -1.99. The molecule has 0 bridgehead atoms. The zero-order valence-corrected chi connectivity index (χ0v) is 31.5. The molecule has 1 unspecified atom stereocenters. The van der Waals surface area contributed by atoms with Crippen molar-refractivity contribution in [2.45, 2.75) is 90.8 Å². The standard InChI is InChI=1S/C25H58O12P2Si2/c1-20(2)24(21(3)4,16-19-41(33-12,34-13)35-14)37-39(29,25(22(5)6,23(7)8)38(26,27)28)36-17-15-18-40(30-9,31-10)32-11/h20-23H,15-19H2,1-14H3,(H2,26,27,28). The van der Waals surface area contributed by atoms with E-state index in [1.54, 1.807) is 27.7 Å². The molecule has 0 saturated heterocycles. The first kappa shape index (κ1) is 41.5. The summed E-state index contributed by atoms with van der Waals surface area (Å²) in [5, 5.41) is 0. The van der Waals surface area contributed by atoms with E-state index < -0.39 is 55.1 Å². The third-order valence-electron chi connectivity index (χ3n) is 8.43. The summed E-state index contributed by atoms with van der Waals surface area (Å²) >= 11 is 0. The first-order valence-corrected chi connectivity index (χ1v) is 21.1. The van der Waals surface area contributed by atoms with Crippen LogP contribution in [0.5, 0.6) is 0 Å². The summed E-state index contributed by atoms with van der Waals surface area (Å²) in [7, 11) is -6.75. The van der Waals surface area contributed by atoms with Crippen LogP contribution in [-0.2, 0) is 44.7 Å². The van der Waals surface area contributed by atoms with Crippen LogP contribution in [0, 0.1) is 23.7 Å². The van der Waals surface area contributed by atoms with Crippen molar-refractivity contribution in [2.75, 3.05) is 49.3 Å². The van der Waals surface area contributed by atoms with Gasteiger partial charge in [0, 0.05) is 54.7 Å². The molecule has 0 fully saturated rings. The molecule has 0 saturated carbocycles. The van der Waals surface area contributed by atoms with Gasteiger partial charge < -0.3 is 45.4 Å². The molecule has 0 aliphatic rings. The van der Waals surface area contributed by atoms with E-state index in [1.165, 1.54) is 42.7 Å². The summed E-state index contributed by atoms with van der Waals surface area (Å²) < 4.78 is 75.1. The normalized spacial score (nSPS) is 15.9. The van der Waals surface area contributed by atoms with Crippen molar-refractivity contribution in [2.24, 2.45) is 23.7 Å². The van der Waals surface area contributed by atoms with Crippen molar-refractivity contribution in [3.8, 4) is 0 Å². The lowest BCUT2D eigenvalue weighted by atomic mass is 9.78. The number of hydrogen-bond acceptors (Lipinski definition) is 10. The maximum absolute atomic E-state index is 15.4. The molecule has 0 aliphatic carbocycles. The van der Waals surface area contributed by atoms with E-state index in [4.69, 9.17) is 35.6 Å². The van der Waals surface area contributed by atoms with Gasteiger partial charge in [0.05, 0.1) is 12.2 Å². The summed E-state index contributed by atoms with van der Waals surface area (Å²) in [5.41, 5.74) is -1.14. The van der Waals surface area contributed by atoms with Crippen LogP contribution in [0.25, 0.3) is 0 Å². The molecular weight excluding hydrogens is 610 g/mol. The maximum atomic E-state index is 15.4. The molecule has 1 atom stereocenters. The molecule has 41 heavy (non-hydrogen) atoms. The van der Waals surface area contributed by atoms with Crippen molar-refractivity contribution in [3.63, 3.8) is 0 Å². The molecule has 0 aromatic carbocycles. The molecule has 0 rings (SSSR count). The molecule has 2 N–H and O–H groups in total. The third-order valence-corrected chi connectivity index (χ3v) is 20.5. The lowest BCUT2D eigenvalue weighted by Gasteiger charge is -2.51. The molecule has 0 spiro atoms. The third kappa shape index (κ3) is 8.82. The Hall–Kier alpha value is 0.494. The average Bonchev–Trinajstić information content (AvgIpc) is 2.88. The Bertz CT molecular complexity index is 825. The highest BCUT2D eigenvalue weighted by Gasteiger charge is 2.68. The van der Waals surface area contributed by atoms with Gasteiger partial charge in [0.15, 0.2) is 4.90 Å². The van der Waals surface area contributed by atoms with Crippen LogP contribution in [-0.4, -0.2) is 87.2 Å². The van der Waals surface area contributed by atoms with Crippen LogP contribution >= 0.6 is 15.2 Å².